The second-order valence-corrected chi connectivity index (χ2v) is 13.6. The number of aryl methyl sites for hydroxylation is 1. The number of rotatable bonds is 13. The van der Waals surface area contributed by atoms with Crippen molar-refractivity contribution >= 4 is 50.7 Å². The quantitative estimate of drug-likeness (QED) is 0.168. The Bertz CT molecular complexity index is 1720. The molecule has 0 aliphatic carbocycles. The predicted octanol–water partition coefficient (Wildman–Crippen LogP) is 6.92. The number of nitrogens with zero attached hydrogens (tertiary/aromatic N) is 2. The van der Waals surface area contributed by atoms with Gasteiger partial charge in [-0.2, -0.15) is 0 Å². The average Bonchev–Trinajstić information content (AvgIpc) is 3.02. The number of hydrogen-bond acceptors (Lipinski definition) is 4. The van der Waals surface area contributed by atoms with E-state index in [1.807, 2.05) is 63.2 Å². The zero-order chi connectivity index (χ0) is 32.6. The van der Waals surface area contributed by atoms with E-state index in [2.05, 4.69) is 5.32 Å². The lowest BCUT2D eigenvalue weighted by Crippen LogP contribution is -2.54. The molecule has 0 radical (unpaired) electrons. The summed E-state index contributed by atoms with van der Waals surface area (Å²) in [5, 5.41) is 3.70. The minimum absolute atomic E-state index is 0.0491. The first-order chi connectivity index (χ1) is 21.5. The Kier molecular flexibility index (Phi) is 11.7. The fourth-order valence-corrected chi connectivity index (χ4v) is 7.00. The van der Waals surface area contributed by atoms with Crippen molar-refractivity contribution in [2.75, 3.05) is 10.8 Å². The molecule has 0 aliphatic rings. The van der Waals surface area contributed by atoms with Crippen molar-refractivity contribution < 1.29 is 18.0 Å². The molecule has 0 unspecified atom stereocenters. The molecular formula is C35H37Cl2N3O4S. The second-order valence-electron chi connectivity index (χ2n) is 10.9. The average molecular weight is 667 g/mol. The van der Waals surface area contributed by atoms with Crippen LogP contribution in [0.3, 0.4) is 0 Å². The molecule has 0 saturated carbocycles. The lowest BCUT2D eigenvalue weighted by Gasteiger charge is -2.34. The lowest BCUT2D eigenvalue weighted by atomic mass is 10.0. The summed E-state index contributed by atoms with van der Waals surface area (Å²) in [6.45, 7) is 5.02. The maximum Gasteiger partial charge on any atom is 0.264 e. The number of carbonyl (C=O) groups is 2. The fraction of sp³-hybridized carbons (Fsp3) is 0.257. The number of carbonyl (C=O) groups excluding carboxylic acids is 2. The van der Waals surface area contributed by atoms with Crippen LogP contribution >= 0.6 is 23.2 Å². The number of anilines is 1. The first-order valence-corrected chi connectivity index (χ1v) is 16.9. The van der Waals surface area contributed by atoms with E-state index >= 15 is 0 Å². The summed E-state index contributed by atoms with van der Waals surface area (Å²) in [6.07, 6.45) is 0.746. The van der Waals surface area contributed by atoms with Crippen molar-refractivity contribution in [3.05, 3.63) is 130 Å². The molecule has 4 rings (SSSR count). The van der Waals surface area contributed by atoms with E-state index in [-0.39, 0.29) is 29.8 Å². The highest BCUT2D eigenvalue weighted by Gasteiger charge is 2.35. The molecule has 4 aromatic carbocycles. The summed E-state index contributed by atoms with van der Waals surface area (Å²) >= 11 is 12.7. The SMILES string of the molecule is CCc1ccccc1N(CC(=O)N(Cc1ccc(Cl)cc1Cl)[C@H](Cc1ccccc1)C(=O)NC(C)C)S(=O)(=O)c1ccccc1. The predicted molar refractivity (Wildman–Crippen MR) is 181 cm³/mol. The van der Waals surface area contributed by atoms with Crippen molar-refractivity contribution in [1.82, 2.24) is 10.2 Å². The van der Waals surface area contributed by atoms with Crippen LogP contribution in [0, 0.1) is 0 Å². The molecule has 0 heterocycles. The Morgan fingerprint density at radius 2 is 1.44 bits per heavy atom. The molecule has 0 bridgehead atoms. The topological polar surface area (TPSA) is 86.8 Å². The van der Waals surface area contributed by atoms with Gasteiger partial charge in [0.2, 0.25) is 11.8 Å². The summed E-state index contributed by atoms with van der Waals surface area (Å²) in [4.78, 5) is 29.9. The van der Waals surface area contributed by atoms with Crippen molar-refractivity contribution in [3.8, 4) is 0 Å². The molecule has 1 atom stereocenters. The summed E-state index contributed by atoms with van der Waals surface area (Å²) in [6, 6.07) is 28.3. The smallest absolute Gasteiger partial charge is 0.264 e. The molecule has 2 amide bonds. The first kappa shape index (κ1) is 34.0. The number of amides is 2. The van der Waals surface area contributed by atoms with E-state index in [0.717, 1.165) is 15.4 Å². The van der Waals surface area contributed by atoms with E-state index in [1.54, 1.807) is 48.5 Å². The molecule has 0 fully saturated rings. The van der Waals surface area contributed by atoms with Gasteiger partial charge in [-0.1, -0.05) is 103 Å². The van der Waals surface area contributed by atoms with Crippen LogP contribution in [0.1, 0.15) is 37.5 Å². The van der Waals surface area contributed by atoms with Crippen LogP contribution in [0.15, 0.2) is 108 Å². The van der Waals surface area contributed by atoms with Crippen LogP contribution in [0.2, 0.25) is 10.0 Å². The van der Waals surface area contributed by atoms with E-state index in [1.165, 1.54) is 17.0 Å². The minimum atomic E-state index is -4.18. The van der Waals surface area contributed by atoms with E-state index in [0.29, 0.717) is 27.7 Å². The molecule has 1 N–H and O–H groups in total. The summed E-state index contributed by atoms with van der Waals surface area (Å²) in [7, 11) is -4.18. The van der Waals surface area contributed by atoms with Gasteiger partial charge in [0.1, 0.15) is 12.6 Å². The van der Waals surface area contributed by atoms with Crippen molar-refractivity contribution in [1.29, 1.82) is 0 Å². The van der Waals surface area contributed by atoms with E-state index in [4.69, 9.17) is 23.2 Å². The molecule has 236 valence electrons. The monoisotopic (exact) mass is 665 g/mol. The molecule has 10 heteroatoms. The normalized spacial score (nSPS) is 12.0. The van der Waals surface area contributed by atoms with Gasteiger partial charge in [-0.25, -0.2) is 8.42 Å². The Morgan fingerprint density at radius 3 is 2.07 bits per heavy atom. The van der Waals surface area contributed by atoms with Gasteiger partial charge in [0, 0.05) is 29.1 Å². The number of halogens is 2. The van der Waals surface area contributed by atoms with Crippen LogP contribution in [-0.4, -0.2) is 43.8 Å². The van der Waals surface area contributed by atoms with E-state index < -0.39 is 28.5 Å². The third kappa shape index (κ3) is 8.66. The van der Waals surface area contributed by atoms with Gasteiger partial charge in [-0.3, -0.25) is 13.9 Å². The Balaban J connectivity index is 1.85. The number of benzene rings is 4. The number of nitrogens with one attached hydrogen (secondary N) is 1. The number of hydrogen-bond donors (Lipinski definition) is 1. The first-order valence-electron chi connectivity index (χ1n) is 14.7. The van der Waals surface area contributed by atoms with Crippen LogP contribution in [0.5, 0.6) is 0 Å². The molecule has 45 heavy (non-hydrogen) atoms. The number of sulfonamides is 1. The third-order valence-electron chi connectivity index (χ3n) is 7.31. The van der Waals surface area contributed by atoms with Crippen molar-refractivity contribution in [2.24, 2.45) is 0 Å². The highest BCUT2D eigenvalue weighted by molar-refractivity contribution is 7.92. The van der Waals surface area contributed by atoms with Gasteiger partial charge in [0.25, 0.3) is 10.0 Å². The largest absolute Gasteiger partial charge is 0.352 e. The van der Waals surface area contributed by atoms with Gasteiger partial charge in [-0.05, 0) is 67.3 Å². The third-order valence-corrected chi connectivity index (χ3v) is 9.67. The molecule has 0 spiro atoms. The highest BCUT2D eigenvalue weighted by Crippen LogP contribution is 2.29. The summed E-state index contributed by atoms with van der Waals surface area (Å²) in [5.41, 5.74) is 2.56. The zero-order valence-corrected chi connectivity index (χ0v) is 27.8. The maximum absolute atomic E-state index is 14.6. The van der Waals surface area contributed by atoms with Crippen molar-refractivity contribution in [2.45, 2.75) is 57.1 Å². The van der Waals surface area contributed by atoms with Gasteiger partial charge in [-0.15, -0.1) is 0 Å². The van der Waals surface area contributed by atoms with E-state index in [9.17, 15) is 18.0 Å². The Morgan fingerprint density at radius 1 is 0.822 bits per heavy atom. The lowest BCUT2D eigenvalue weighted by molar-refractivity contribution is -0.140. The molecule has 0 aliphatic heterocycles. The van der Waals surface area contributed by atoms with Gasteiger partial charge < -0.3 is 10.2 Å². The van der Waals surface area contributed by atoms with Gasteiger partial charge in [0.05, 0.1) is 10.6 Å². The van der Waals surface area contributed by atoms with Gasteiger partial charge >= 0.3 is 0 Å². The second kappa shape index (κ2) is 15.4. The molecular weight excluding hydrogens is 629 g/mol. The van der Waals surface area contributed by atoms with Crippen LogP contribution < -0.4 is 9.62 Å². The molecule has 4 aromatic rings. The molecule has 7 nitrogen and oxygen atoms in total. The van der Waals surface area contributed by atoms with Crippen LogP contribution in [0.25, 0.3) is 0 Å². The fourth-order valence-electron chi connectivity index (χ4n) is 5.05. The number of para-hydroxylation sites is 1. The molecule has 0 aromatic heterocycles. The Labute approximate surface area is 275 Å². The van der Waals surface area contributed by atoms with Crippen LogP contribution in [0.4, 0.5) is 5.69 Å². The summed E-state index contributed by atoms with van der Waals surface area (Å²) < 4.78 is 29.5. The maximum atomic E-state index is 14.6. The van der Waals surface area contributed by atoms with Gasteiger partial charge in [0.15, 0.2) is 0 Å². The minimum Gasteiger partial charge on any atom is -0.352 e. The van der Waals surface area contributed by atoms with Crippen LogP contribution in [-0.2, 0) is 39.0 Å². The standard InChI is InChI=1S/C35H37Cl2N3O4S/c1-4-27-15-11-12-18-32(27)40(45(43,44)30-16-9-6-10-17-30)24-34(41)39(23-28-19-20-29(36)22-31(28)37)33(35(42)38-25(2)3)21-26-13-7-5-8-14-26/h5-20,22,25,33H,4,21,23-24H2,1-3H3,(H,38,42)/t33-/m1/s1. The Hall–Kier alpha value is -3.85. The summed E-state index contributed by atoms with van der Waals surface area (Å²) in [5.74, 6) is -0.926. The molecule has 0 saturated heterocycles. The van der Waals surface area contributed by atoms with Crippen molar-refractivity contribution in [3.63, 3.8) is 0 Å². The zero-order valence-electron chi connectivity index (χ0n) is 25.5. The highest BCUT2D eigenvalue weighted by atomic mass is 35.5.